The molecule has 0 radical (unpaired) electrons. The number of hydrogen-bond donors (Lipinski definition) is 3. The summed E-state index contributed by atoms with van der Waals surface area (Å²) in [6.45, 7) is 5.45. The van der Waals surface area contributed by atoms with E-state index in [1.165, 1.54) is 0 Å². The first-order chi connectivity index (χ1) is 7.37. The highest BCUT2D eigenvalue weighted by Crippen LogP contribution is 2.32. The molecule has 0 aromatic heterocycles. The van der Waals surface area contributed by atoms with Crippen LogP contribution < -0.4 is 10.6 Å². The number of carbonyl (C=O) groups excluding carboxylic acids is 1. The molecule has 1 aliphatic carbocycles. The van der Waals surface area contributed by atoms with Crippen LogP contribution in [0.3, 0.4) is 0 Å². The molecule has 0 aromatic carbocycles. The first-order valence-electron chi connectivity index (χ1n) is 5.69. The zero-order chi connectivity index (χ0) is 12.3. The van der Waals surface area contributed by atoms with Crippen molar-refractivity contribution >= 4 is 11.9 Å². The van der Waals surface area contributed by atoms with Gasteiger partial charge in [-0.2, -0.15) is 0 Å². The average Bonchev–Trinajstić information content (AvgIpc) is 2.08. The third kappa shape index (κ3) is 2.72. The van der Waals surface area contributed by atoms with Gasteiger partial charge in [0.15, 0.2) is 0 Å². The number of carboxylic acids is 1. The van der Waals surface area contributed by atoms with Gasteiger partial charge in [0.1, 0.15) is 5.54 Å². The predicted molar refractivity (Wildman–Crippen MR) is 60.1 cm³/mol. The second-order valence-electron chi connectivity index (χ2n) is 4.77. The lowest BCUT2D eigenvalue weighted by Crippen LogP contribution is -2.62. The number of hydrogen-bond acceptors (Lipinski definition) is 3. The van der Waals surface area contributed by atoms with Gasteiger partial charge >= 0.3 is 5.97 Å². The van der Waals surface area contributed by atoms with E-state index in [1.54, 1.807) is 6.92 Å². The minimum absolute atomic E-state index is 0.0684. The third-order valence-corrected chi connectivity index (χ3v) is 2.93. The number of aliphatic carboxylic acids is 1. The van der Waals surface area contributed by atoms with Gasteiger partial charge in [-0.3, -0.25) is 14.9 Å². The van der Waals surface area contributed by atoms with Gasteiger partial charge in [-0.1, -0.05) is 0 Å². The van der Waals surface area contributed by atoms with E-state index in [2.05, 4.69) is 10.6 Å². The van der Waals surface area contributed by atoms with Crippen molar-refractivity contribution in [3.63, 3.8) is 0 Å². The van der Waals surface area contributed by atoms with Crippen LogP contribution >= 0.6 is 0 Å². The maximum absolute atomic E-state index is 11.6. The molecule has 1 rings (SSSR count). The fourth-order valence-corrected chi connectivity index (χ4v) is 1.84. The Morgan fingerprint density at radius 3 is 2.12 bits per heavy atom. The third-order valence-electron chi connectivity index (χ3n) is 2.93. The SMILES string of the molecule is CC(C)NC(=O)C(C)NC1(C(=O)O)CCC1. The van der Waals surface area contributed by atoms with E-state index in [0.717, 1.165) is 6.42 Å². The van der Waals surface area contributed by atoms with Crippen LogP contribution in [0.1, 0.15) is 40.0 Å². The molecular formula is C11H20N2O3. The molecule has 0 aromatic rings. The maximum atomic E-state index is 11.6. The zero-order valence-corrected chi connectivity index (χ0v) is 10.0. The molecule has 5 nitrogen and oxygen atoms in total. The Bertz CT molecular complexity index is 285. The zero-order valence-electron chi connectivity index (χ0n) is 10.0. The predicted octanol–water partition coefficient (Wildman–Crippen LogP) is 0.496. The van der Waals surface area contributed by atoms with Crippen molar-refractivity contribution in [2.75, 3.05) is 0 Å². The smallest absolute Gasteiger partial charge is 0.323 e. The van der Waals surface area contributed by atoms with Crippen LogP contribution in [0.15, 0.2) is 0 Å². The first kappa shape index (κ1) is 13.0. The molecule has 3 N–H and O–H groups in total. The molecule has 1 atom stereocenters. The number of rotatable bonds is 5. The van der Waals surface area contributed by atoms with Crippen molar-refractivity contribution < 1.29 is 14.7 Å². The highest BCUT2D eigenvalue weighted by molar-refractivity contribution is 5.84. The minimum atomic E-state index is -0.881. The highest BCUT2D eigenvalue weighted by Gasteiger charge is 2.45. The highest BCUT2D eigenvalue weighted by atomic mass is 16.4. The van der Waals surface area contributed by atoms with Gasteiger partial charge in [0, 0.05) is 6.04 Å². The van der Waals surface area contributed by atoms with Gasteiger partial charge in [0.2, 0.25) is 5.91 Å². The molecule has 0 saturated heterocycles. The van der Waals surface area contributed by atoms with E-state index < -0.39 is 17.6 Å². The summed E-state index contributed by atoms with van der Waals surface area (Å²) in [4.78, 5) is 22.7. The normalized spacial score (nSPS) is 20.0. The van der Waals surface area contributed by atoms with Gasteiger partial charge in [0.25, 0.3) is 0 Å². The molecule has 1 amide bonds. The summed E-state index contributed by atoms with van der Waals surface area (Å²) in [5.41, 5.74) is -0.881. The Balaban J connectivity index is 2.52. The molecule has 1 unspecified atom stereocenters. The van der Waals surface area contributed by atoms with Crippen molar-refractivity contribution in [2.45, 2.75) is 57.7 Å². The monoisotopic (exact) mass is 228 g/mol. The van der Waals surface area contributed by atoms with E-state index in [4.69, 9.17) is 5.11 Å². The van der Waals surface area contributed by atoms with E-state index in [9.17, 15) is 9.59 Å². The molecule has 0 bridgehead atoms. The van der Waals surface area contributed by atoms with Crippen molar-refractivity contribution in [3.05, 3.63) is 0 Å². The molecule has 0 heterocycles. The second-order valence-corrected chi connectivity index (χ2v) is 4.77. The lowest BCUT2D eigenvalue weighted by Gasteiger charge is -2.40. The van der Waals surface area contributed by atoms with Crippen LogP contribution in [0.2, 0.25) is 0 Å². The standard InChI is InChI=1S/C11H20N2O3/c1-7(2)12-9(14)8(3)13-11(10(15)16)5-4-6-11/h7-8,13H,4-6H2,1-3H3,(H,12,14)(H,15,16). The van der Waals surface area contributed by atoms with Gasteiger partial charge in [-0.25, -0.2) is 0 Å². The summed E-state index contributed by atoms with van der Waals surface area (Å²) in [6, 6.07) is -0.405. The number of carbonyl (C=O) groups is 2. The van der Waals surface area contributed by atoms with Crippen molar-refractivity contribution in [3.8, 4) is 0 Å². The Labute approximate surface area is 95.6 Å². The molecular weight excluding hydrogens is 208 g/mol. The van der Waals surface area contributed by atoms with E-state index in [-0.39, 0.29) is 11.9 Å². The van der Waals surface area contributed by atoms with E-state index in [1.807, 2.05) is 13.8 Å². The van der Waals surface area contributed by atoms with Gasteiger partial charge in [-0.15, -0.1) is 0 Å². The first-order valence-corrected chi connectivity index (χ1v) is 5.69. The second kappa shape index (κ2) is 4.82. The summed E-state index contributed by atoms with van der Waals surface area (Å²) >= 11 is 0. The Morgan fingerprint density at radius 1 is 1.25 bits per heavy atom. The quantitative estimate of drug-likeness (QED) is 0.640. The largest absolute Gasteiger partial charge is 0.480 e. The van der Waals surface area contributed by atoms with Crippen LogP contribution in [-0.2, 0) is 9.59 Å². The number of amides is 1. The van der Waals surface area contributed by atoms with E-state index >= 15 is 0 Å². The van der Waals surface area contributed by atoms with Gasteiger partial charge in [0.05, 0.1) is 6.04 Å². The topological polar surface area (TPSA) is 78.4 Å². The minimum Gasteiger partial charge on any atom is -0.480 e. The number of nitrogens with one attached hydrogen (secondary N) is 2. The maximum Gasteiger partial charge on any atom is 0.323 e. The fourth-order valence-electron chi connectivity index (χ4n) is 1.84. The van der Waals surface area contributed by atoms with Gasteiger partial charge < -0.3 is 10.4 Å². The molecule has 16 heavy (non-hydrogen) atoms. The van der Waals surface area contributed by atoms with Crippen LogP contribution in [0.4, 0.5) is 0 Å². The van der Waals surface area contributed by atoms with Crippen LogP contribution in [0.25, 0.3) is 0 Å². The summed E-state index contributed by atoms with van der Waals surface area (Å²) in [6.07, 6.45) is 2.10. The lowest BCUT2D eigenvalue weighted by atomic mass is 9.76. The van der Waals surface area contributed by atoms with Crippen LogP contribution in [0, 0.1) is 0 Å². The van der Waals surface area contributed by atoms with Crippen molar-refractivity contribution in [1.29, 1.82) is 0 Å². The number of carboxylic acid groups (broad SMARTS) is 1. The molecule has 1 saturated carbocycles. The summed E-state index contributed by atoms with van der Waals surface area (Å²) < 4.78 is 0. The molecule has 1 aliphatic rings. The van der Waals surface area contributed by atoms with Gasteiger partial charge in [-0.05, 0) is 40.0 Å². The fraction of sp³-hybridized carbons (Fsp3) is 0.818. The lowest BCUT2D eigenvalue weighted by molar-refractivity contribution is -0.149. The van der Waals surface area contributed by atoms with E-state index in [0.29, 0.717) is 12.8 Å². The summed E-state index contributed by atoms with van der Waals surface area (Å²) in [5, 5.41) is 14.8. The van der Waals surface area contributed by atoms with Crippen LogP contribution in [-0.4, -0.2) is 34.6 Å². The molecule has 0 spiro atoms. The van der Waals surface area contributed by atoms with Crippen molar-refractivity contribution in [2.24, 2.45) is 0 Å². The molecule has 1 fully saturated rings. The van der Waals surface area contributed by atoms with Crippen LogP contribution in [0.5, 0.6) is 0 Å². The van der Waals surface area contributed by atoms with Crippen molar-refractivity contribution in [1.82, 2.24) is 10.6 Å². The molecule has 5 heteroatoms. The average molecular weight is 228 g/mol. The Kier molecular flexibility index (Phi) is 3.91. The molecule has 92 valence electrons. The summed E-state index contributed by atoms with van der Waals surface area (Å²) in [7, 11) is 0. The Morgan fingerprint density at radius 2 is 1.81 bits per heavy atom. The molecule has 0 aliphatic heterocycles. The summed E-state index contributed by atoms with van der Waals surface area (Å²) in [5.74, 6) is -1.01. The Hall–Kier alpha value is -1.10.